The summed E-state index contributed by atoms with van der Waals surface area (Å²) < 4.78 is 20.1. The molecule has 0 aliphatic carbocycles. The largest absolute Gasteiger partial charge is 0.306 e. The molecule has 2 aromatic carbocycles. The summed E-state index contributed by atoms with van der Waals surface area (Å²) >= 11 is -1.84. The van der Waals surface area contributed by atoms with Crippen LogP contribution in [0.25, 0.3) is 11.6 Å². The molecule has 3 heteroatoms. The van der Waals surface area contributed by atoms with Crippen molar-refractivity contribution >= 4 is 22.7 Å². The van der Waals surface area contributed by atoms with Gasteiger partial charge in [0.2, 0.25) is 0 Å². The van der Waals surface area contributed by atoms with E-state index in [1.54, 1.807) is 0 Å². The van der Waals surface area contributed by atoms with Crippen molar-refractivity contribution < 1.29 is 8.76 Å². The van der Waals surface area contributed by atoms with E-state index in [4.69, 9.17) is 4.55 Å². The third kappa shape index (κ3) is 3.65. The van der Waals surface area contributed by atoms with Gasteiger partial charge in [0.25, 0.3) is 0 Å². The Morgan fingerprint density at radius 2 is 1.56 bits per heavy atom. The zero-order chi connectivity index (χ0) is 12.8. The molecule has 2 rings (SSSR count). The van der Waals surface area contributed by atoms with Gasteiger partial charge in [-0.3, -0.25) is 0 Å². The van der Waals surface area contributed by atoms with Crippen LogP contribution in [0, 0.1) is 0 Å². The minimum absolute atomic E-state index is 0.138. The van der Waals surface area contributed by atoms with Gasteiger partial charge in [-0.2, -0.15) is 0 Å². The molecule has 1 unspecified atom stereocenters. The Balaban J connectivity index is 2.37. The fourth-order valence-electron chi connectivity index (χ4n) is 1.74. The van der Waals surface area contributed by atoms with Crippen molar-refractivity contribution in [2.45, 2.75) is 0 Å². The highest BCUT2D eigenvalue weighted by Crippen LogP contribution is 2.18. The summed E-state index contributed by atoms with van der Waals surface area (Å²) in [7, 11) is 0. The van der Waals surface area contributed by atoms with E-state index in [0.717, 1.165) is 16.7 Å². The zero-order valence-corrected chi connectivity index (χ0v) is 10.6. The average molecular weight is 258 g/mol. The van der Waals surface area contributed by atoms with Crippen molar-refractivity contribution in [1.29, 1.82) is 0 Å². The standard InChI is InChI=1S/C15H14O2S/c16-18(17)12-15(14-9-5-2-6-10-14)11-13-7-3-1-4-8-13/h1-11H,12H2,(H,16,17). The maximum absolute atomic E-state index is 11.0. The molecule has 2 aromatic rings. The molecular weight excluding hydrogens is 244 g/mol. The predicted molar refractivity (Wildman–Crippen MR) is 76.4 cm³/mol. The van der Waals surface area contributed by atoms with E-state index in [1.165, 1.54) is 0 Å². The van der Waals surface area contributed by atoms with Crippen LogP contribution in [-0.4, -0.2) is 14.5 Å². The summed E-state index contributed by atoms with van der Waals surface area (Å²) in [5, 5.41) is 0. The Kier molecular flexibility index (Phi) is 4.45. The summed E-state index contributed by atoms with van der Waals surface area (Å²) in [5.41, 5.74) is 2.87. The van der Waals surface area contributed by atoms with E-state index in [0.29, 0.717) is 0 Å². The highest BCUT2D eigenvalue weighted by Gasteiger charge is 2.05. The molecule has 0 saturated carbocycles. The van der Waals surface area contributed by atoms with Crippen LogP contribution >= 0.6 is 0 Å². The van der Waals surface area contributed by atoms with Crippen LogP contribution in [-0.2, 0) is 11.1 Å². The van der Waals surface area contributed by atoms with E-state index in [1.807, 2.05) is 66.7 Å². The predicted octanol–water partition coefficient (Wildman–Crippen LogP) is 3.45. The summed E-state index contributed by atoms with van der Waals surface area (Å²) in [4.78, 5) is 0. The van der Waals surface area contributed by atoms with Crippen LogP contribution in [0.5, 0.6) is 0 Å². The lowest BCUT2D eigenvalue weighted by molar-refractivity contribution is 0.568. The van der Waals surface area contributed by atoms with Crippen molar-refractivity contribution in [2.24, 2.45) is 0 Å². The van der Waals surface area contributed by atoms with Crippen molar-refractivity contribution in [3.05, 3.63) is 71.8 Å². The number of rotatable bonds is 4. The van der Waals surface area contributed by atoms with Gasteiger partial charge in [-0.05, 0) is 16.7 Å². The molecule has 18 heavy (non-hydrogen) atoms. The summed E-state index contributed by atoms with van der Waals surface area (Å²) in [6, 6.07) is 19.5. The second-order valence-corrected chi connectivity index (χ2v) is 4.84. The molecule has 0 bridgehead atoms. The second-order valence-electron chi connectivity index (χ2n) is 3.91. The molecule has 92 valence electrons. The van der Waals surface area contributed by atoms with Gasteiger partial charge in [0.05, 0.1) is 5.75 Å². The minimum Gasteiger partial charge on any atom is -0.306 e. The average Bonchev–Trinajstić information content (AvgIpc) is 2.40. The minimum atomic E-state index is -1.84. The SMILES string of the molecule is O=S(O)CC(=Cc1ccccc1)c1ccccc1. The Bertz CT molecular complexity index is 547. The van der Waals surface area contributed by atoms with Gasteiger partial charge >= 0.3 is 0 Å². The normalized spacial score (nSPS) is 13.3. The molecule has 0 radical (unpaired) electrons. The van der Waals surface area contributed by atoms with Crippen molar-refractivity contribution in [1.82, 2.24) is 0 Å². The van der Waals surface area contributed by atoms with Crippen LogP contribution in [0.4, 0.5) is 0 Å². The molecule has 0 amide bonds. The number of benzene rings is 2. The first kappa shape index (κ1) is 12.7. The third-order valence-electron chi connectivity index (χ3n) is 2.56. The van der Waals surface area contributed by atoms with E-state index >= 15 is 0 Å². The van der Waals surface area contributed by atoms with Crippen LogP contribution in [0.15, 0.2) is 60.7 Å². The van der Waals surface area contributed by atoms with E-state index in [2.05, 4.69) is 0 Å². The maximum Gasteiger partial charge on any atom is 0.157 e. The van der Waals surface area contributed by atoms with Gasteiger partial charge < -0.3 is 4.55 Å². The molecule has 0 aromatic heterocycles. The highest BCUT2D eigenvalue weighted by molar-refractivity contribution is 7.79. The number of hydrogen-bond acceptors (Lipinski definition) is 1. The van der Waals surface area contributed by atoms with Gasteiger partial charge in [-0.1, -0.05) is 66.7 Å². The van der Waals surface area contributed by atoms with Gasteiger partial charge in [-0.25, -0.2) is 4.21 Å². The quantitative estimate of drug-likeness (QED) is 0.673. The topological polar surface area (TPSA) is 37.3 Å². The number of hydrogen-bond donors (Lipinski definition) is 1. The van der Waals surface area contributed by atoms with Gasteiger partial charge in [0.1, 0.15) is 0 Å². The third-order valence-corrected chi connectivity index (χ3v) is 3.12. The lowest BCUT2D eigenvalue weighted by Crippen LogP contribution is -1.98. The molecule has 2 nitrogen and oxygen atoms in total. The lowest BCUT2D eigenvalue weighted by atomic mass is 10.0. The van der Waals surface area contributed by atoms with E-state index < -0.39 is 11.1 Å². The van der Waals surface area contributed by atoms with Gasteiger partial charge in [0, 0.05) is 0 Å². The monoisotopic (exact) mass is 258 g/mol. The van der Waals surface area contributed by atoms with Crippen molar-refractivity contribution in [2.75, 3.05) is 5.75 Å². The van der Waals surface area contributed by atoms with Crippen LogP contribution in [0.3, 0.4) is 0 Å². The van der Waals surface area contributed by atoms with Crippen LogP contribution < -0.4 is 0 Å². The molecule has 1 atom stereocenters. The second kappa shape index (κ2) is 6.28. The molecule has 0 aliphatic heterocycles. The zero-order valence-electron chi connectivity index (χ0n) is 9.82. The first-order chi connectivity index (χ1) is 8.75. The first-order valence-corrected chi connectivity index (χ1v) is 6.92. The molecule has 0 aliphatic rings. The van der Waals surface area contributed by atoms with Crippen LogP contribution in [0.1, 0.15) is 11.1 Å². The van der Waals surface area contributed by atoms with Gasteiger partial charge in [-0.15, -0.1) is 0 Å². The Hall–Kier alpha value is -1.71. The van der Waals surface area contributed by atoms with Crippen LogP contribution in [0.2, 0.25) is 0 Å². The van der Waals surface area contributed by atoms with Crippen molar-refractivity contribution in [3.8, 4) is 0 Å². The molecule has 0 heterocycles. The molecule has 0 saturated heterocycles. The lowest BCUT2D eigenvalue weighted by Gasteiger charge is -2.05. The van der Waals surface area contributed by atoms with Crippen molar-refractivity contribution in [3.63, 3.8) is 0 Å². The van der Waals surface area contributed by atoms with Gasteiger partial charge in [0.15, 0.2) is 11.1 Å². The first-order valence-electron chi connectivity index (χ1n) is 5.64. The molecule has 0 spiro atoms. The van der Waals surface area contributed by atoms with E-state index in [9.17, 15) is 4.21 Å². The molecular formula is C15H14O2S. The summed E-state index contributed by atoms with van der Waals surface area (Å²) in [5.74, 6) is 0.138. The Morgan fingerprint density at radius 3 is 2.11 bits per heavy atom. The fourth-order valence-corrected chi connectivity index (χ4v) is 2.26. The fraction of sp³-hybridized carbons (Fsp3) is 0.0667. The Morgan fingerprint density at radius 1 is 1.00 bits per heavy atom. The highest BCUT2D eigenvalue weighted by atomic mass is 32.2. The maximum atomic E-state index is 11.0. The summed E-state index contributed by atoms with van der Waals surface area (Å²) in [6.45, 7) is 0. The molecule has 0 fully saturated rings. The molecule has 1 N–H and O–H groups in total. The summed E-state index contributed by atoms with van der Waals surface area (Å²) in [6.07, 6.45) is 1.95. The smallest absolute Gasteiger partial charge is 0.157 e. The Labute approximate surface area is 109 Å². The van der Waals surface area contributed by atoms with E-state index in [-0.39, 0.29) is 5.75 Å².